The molecule has 4 aliphatic rings. The zero-order chi connectivity index (χ0) is 51.4. The third kappa shape index (κ3) is 5.96. The number of hydrogen-bond donors (Lipinski definition) is 0. The molecular formula is C75H54N2. The Bertz CT molecular complexity index is 4420. The summed E-state index contributed by atoms with van der Waals surface area (Å²) in [6.07, 6.45) is 0. The number of anilines is 6. The van der Waals surface area contributed by atoms with E-state index < -0.39 is 5.41 Å². The number of rotatable bonds is 6. The molecule has 12 aromatic carbocycles. The number of para-hydroxylation sites is 2. The number of hydrogen-bond acceptors (Lipinski definition) is 2. The first kappa shape index (κ1) is 44.1. The molecule has 0 bridgehead atoms. The Morgan fingerprint density at radius 2 is 0.675 bits per heavy atom. The highest BCUT2D eigenvalue weighted by Crippen LogP contribution is 2.66. The van der Waals surface area contributed by atoms with E-state index in [1.165, 1.54) is 116 Å². The molecule has 0 fully saturated rings. The molecule has 1 spiro atoms. The van der Waals surface area contributed by atoms with Crippen molar-refractivity contribution < 1.29 is 0 Å². The number of fused-ring (bicyclic) bond motifs is 19. The van der Waals surface area contributed by atoms with Gasteiger partial charge in [-0.1, -0.05) is 204 Å². The maximum atomic E-state index is 2.58. The zero-order valence-electron chi connectivity index (χ0n) is 43.6. The van der Waals surface area contributed by atoms with E-state index in [9.17, 15) is 0 Å². The summed E-state index contributed by atoms with van der Waals surface area (Å²) < 4.78 is 0. The first-order valence-corrected chi connectivity index (χ1v) is 27.2. The van der Waals surface area contributed by atoms with Crippen molar-refractivity contribution in [2.75, 3.05) is 9.80 Å². The van der Waals surface area contributed by atoms with Gasteiger partial charge in [-0.05, 0) is 184 Å². The van der Waals surface area contributed by atoms with Crippen molar-refractivity contribution in [2.45, 2.75) is 43.9 Å². The van der Waals surface area contributed by atoms with Crippen LogP contribution in [0.4, 0.5) is 34.1 Å². The minimum absolute atomic E-state index is 0.127. The molecule has 12 aromatic rings. The predicted octanol–water partition coefficient (Wildman–Crippen LogP) is 19.9. The number of benzene rings is 12. The molecule has 0 atom stereocenters. The van der Waals surface area contributed by atoms with Crippen LogP contribution in [-0.4, -0.2) is 0 Å². The number of nitrogens with zero attached hydrogens (tertiary/aromatic N) is 2. The minimum Gasteiger partial charge on any atom is -0.310 e. The Morgan fingerprint density at radius 3 is 1.25 bits per heavy atom. The van der Waals surface area contributed by atoms with Crippen molar-refractivity contribution >= 4 is 55.7 Å². The van der Waals surface area contributed by atoms with Gasteiger partial charge < -0.3 is 9.80 Å². The van der Waals surface area contributed by atoms with Crippen LogP contribution in [0.5, 0.6) is 0 Å². The molecule has 16 rings (SSSR count). The van der Waals surface area contributed by atoms with Crippen LogP contribution in [-0.2, 0) is 16.2 Å². The predicted molar refractivity (Wildman–Crippen MR) is 322 cm³/mol. The van der Waals surface area contributed by atoms with E-state index in [0.717, 1.165) is 28.4 Å². The fraction of sp³-hybridized carbons (Fsp3) is 0.0933. The smallest absolute Gasteiger partial charge is 0.0726 e. The van der Waals surface area contributed by atoms with Crippen molar-refractivity contribution in [2.24, 2.45) is 0 Å². The average molecular weight is 983 g/mol. The third-order valence-corrected chi connectivity index (χ3v) is 18.2. The Hall–Kier alpha value is -9.24. The minimum atomic E-state index is -0.607. The van der Waals surface area contributed by atoms with E-state index >= 15 is 0 Å². The summed E-state index contributed by atoms with van der Waals surface area (Å²) in [6, 6.07) is 96.5. The van der Waals surface area contributed by atoms with Crippen LogP contribution in [0.1, 0.15) is 72.2 Å². The average Bonchev–Trinajstić information content (AvgIpc) is 3.59. The Kier molecular flexibility index (Phi) is 9.10. The molecule has 0 amide bonds. The Balaban J connectivity index is 0.943. The molecule has 0 saturated heterocycles. The van der Waals surface area contributed by atoms with Crippen LogP contribution in [0.2, 0.25) is 0 Å². The summed E-state index contributed by atoms with van der Waals surface area (Å²) in [5, 5.41) is 4.90. The second-order valence-electron chi connectivity index (χ2n) is 22.8. The van der Waals surface area contributed by atoms with Gasteiger partial charge >= 0.3 is 0 Å². The first-order valence-electron chi connectivity index (χ1n) is 27.2. The van der Waals surface area contributed by atoms with Crippen LogP contribution in [0.3, 0.4) is 0 Å². The van der Waals surface area contributed by atoms with Crippen LogP contribution in [0.15, 0.2) is 255 Å². The monoisotopic (exact) mass is 982 g/mol. The van der Waals surface area contributed by atoms with Gasteiger partial charge in [-0.15, -0.1) is 0 Å². The van der Waals surface area contributed by atoms with Crippen LogP contribution in [0.25, 0.3) is 66.1 Å². The second kappa shape index (κ2) is 15.9. The molecule has 0 aromatic heterocycles. The molecule has 0 aliphatic heterocycles. The zero-order valence-corrected chi connectivity index (χ0v) is 43.6. The van der Waals surface area contributed by atoms with Crippen molar-refractivity contribution in [3.8, 4) is 44.5 Å². The summed E-state index contributed by atoms with van der Waals surface area (Å²) in [6.45, 7) is 9.51. The van der Waals surface area contributed by atoms with Crippen molar-refractivity contribution in [1.29, 1.82) is 0 Å². The van der Waals surface area contributed by atoms with Crippen LogP contribution < -0.4 is 9.80 Å². The molecule has 0 saturated carbocycles. The molecule has 77 heavy (non-hydrogen) atoms. The molecule has 2 nitrogen and oxygen atoms in total. The quantitative estimate of drug-likeness (QED) is 0.164. The maximum absolute atomic E-state index is 2.58. The highest BCUT2D eigenvalue weighted by molar-refractivity contribution is 6.14. The topological polar surface area (TPSA) is 6.48 Å². The van der Waals surface area contributed by atoms with Gasteiger partial charge in [-0.25, -0.2) is 0 Å². The van der Waals surface area contributed by atoms with Gasteiger partial charge in [-0.2, -0.15) is 0 Å². The third-order valence-electron chi connectivity index (χ3n) is 18.2. The molecule has 4 aliphatic carbocycles. The highest BCUT2D eigenvalue weighted by atomic mass is 15.1. The van der Waals surface area contributed by atoms with Crippen LogP contribution in [0, 0.1) is 0 Å². The molecule has 0 unspecified atom stereocenters. The molecular weight excluding hydrogens is 929 g/mol. The lowest BCUT2D eigenvalue weighted by molar-refractivity contribution is 0.660. The van der Waals surface area contributed by atoms with Gasteiger partial charge in [0, 0.05) is 44.7 Å². The Morgan fingerprint density at radius 1 is 0.247 bits per heavy atom. The van der Waals surface area contributed by atoms with E-state index in [-0.39, 0.29) is 10.8 Å². The van der Waals surface area contributed by atoms with E-state index in [1.54, 1.807) is 0 Å². The Labute approximate surface area is 450 Å². The lowest BCUT2D eigenvalue weighted by Crippen LogP contribution is -2.26. The summed E-state index contributed by atoms with van der Waals surface area (Å²) in [4.78, 5) is 4.98. The van der Waals surface area contributed by atoms with E-state index in [2.05, 4.69) is 292 Å². The lowest BCUT2D eigenvalue weighted by Gasteiger charge is -2.33. The fourth-order valence-corrected chi connectivity index (χ4v) is 14.7. The van der Waals surface area contributed by atoms with Crippen molar-refractivity contribution in [3.63, 3.8) is 0 Å². The van der Waals surface area contributed by atoms with Gasteiger partial charge in [-0.3, -0.25) is 0 Å². The molecule has 2 heteroatoms. The van der Waals surface area contributed by atoms with Gasteiger partial charge in [0.05, 0.1) is 11.1 Å². The van der Waals surface area contributed by atoms with Crippen molar-refractivity contribution in [3.05, 3.63) is 299 Å². The molecule has 0 radical (unpaired) electrons. The van der Waals surface area contributed by atoms with Gasteiger partial charge in [0.2, 0.25) is 0 Å². The summed E-state index contributed by atoms with van der Waals surface area (Å²) in [5.41, 5.74) is 27.2. The highest BCUT2D eigenvalue weighted by Gasteiger charge is 2.53. The molecule has 0 heterocycles. The second-order valence-corrected chi connectivity index (χ2v) is 22.8. The fourth-order valence-electron chi connectivity index (χ4n) is 14.7. The SMILES string of the molecule is CC1(C)c2ccccc2-c2ccc(N(c3ccccc3)c3ccc4cc5c(cc4c3)C3(c4ccccc4-c4ccccc43)c3cc(N(c4ccccc4)c4ccc6c(c4)C(C)(C)c4ccccc4-6)c4ccccc4c3-5)cc21. The maximum Gasteiger partial charge on any atom is 0.0726 e. The summed E-state index contributed by atoms with van der Waals surface area (Å²) in [7, 11) is 0. The first-order chi connectivity index (χ1) is 37.7. The van der Waals surface area contributed by atoms with E-state index in [0.29, 0.717) is 0 Å². The largest absolute Gasteiger partial charge is 0.310 e. The summed E-state index contributed by atoms with van der Waals surface area (Å²) in [5.74, 6) is 0. The van der Waals surface area contributed by atoms with Crippen LogP contribution >= 0.6 is 0 Å². The molecule has 0 N–H and O–H groups in total. The van der Waals surface area contributed by atoms with Gasteiger partial charge in [0.1, 0.15) is 0 Å². The molecule has 364 valence electrons. The van der Waals surface area contributed by atoms with E-state index in [4.69, 9.17) is 0 Å². The standard InChI is InChI=1S/C75H54N2/c1-73(2)63-31-17-13-25-54(63)58-39-37-52(44-67(58)73)76(49-21-7-5-8-22-49)51-36-35-47-42-62-69(43-48(47)41-51)75(65-33-19-15-27-56(65)57-28-16-20-34-66(57)75)70-46-71(60-29-11-12-30-61(60)72(62)70)77(50-23-9-6-10-24-50)53-38-40-59-55-26-14-18-32-64(55)74(3,4)68(59)45-53/h5-46H,1-4H3. The lowest BCUT2D eigenvalue weighted by atomic mass is 9.70. The van der Waals surface area contributed by atoms with Gasteiger partial charge in [0.25, 0.3) is 0 Å². The summed E-state index contributed by atoms with van der Waals surface area (Å²) >= 11 is 0. The van der Waals surface area contributed by atoms with E-state index in [1.807, 2.05) is 0 Å². The van der Waals surface area contributed by atoms with Gasteiger partial charge in [0.15, 0.2) is 0 Å². The normalized spacial score (nSPS) is 14.8. The van der Waals surface area contributed by atoms with Crippen molar-refractivity contribution in [1.82, 2.24) is 0 Å².